The monoisotopic (exact) mass is 472 g/mol. The first kappa shape index (κ1) is 23.5. The van der Waals surface area contributed by atoms with E-state index in [0.29, 0.717) is 30.6 Å². The van der Waals surface area contributed by atoms with Crippen molar-refractivity contribution >= 4 is 34.6 Å². The van der Waals surface area contributed by atoms with Crippen LogP contribution >= 0.6 is 11.6 Å². The Balaban J connectivity index is 1.16. The average molecular weight is 473 g/mol. The van der Waals surface area contributed by atoms with Crippen LogP contribution in [0.25, 0.3) is 0 Å². The van der Waals surface area contributed by atoms with Crippen molar-refractivity contribution < 1.29 is 14.3 Å². The number of nitrogen functional groups attached to an aromatic ring is 1. The quantitative estimate of drug-likeness (QED) is 0.592. The molecule has 2 aliphatic rings. The number of carbonyl (C=O) groups is 1. The normalized spacial score (nSPS) is 21.0. The van der Waals surface area contributed by atoms with Gasteiger partial charge in [0.15, 0.2) is 0 Å². The molecule has 178 valence electrons. The molecule has 7 nitrogen and oxygen atoms in total. The molecule has 0 spiro atoms. The zero-order valence-corrected chi connectivity index (χ0v) is 19.9. The highest BCUT2D eigenvalue weighted by Crippen LogP contribution is 2.29. The van der Waals surface area contributed by atoms with Gasteiger partial charge >= 0.3 is 0 Å². The highest BCUT2D eigenvalue weighted by atomic mass is 35.5. The van der Waals surface area contributed by atoms with Crippen LogP contribution in [0.2, 0.25) is 5.02 Å². The van der Waals surface area contributed by atoms with Gasteiger partial charge in [-0.1, -0.05) is 11.6 Å². The molecule has 4 rings (SSSR count). The van der Waals surface area contributed by atoms with E-state index in [9.17, 15) is 4.79 Å². The molecular weight excluding hydrogens is 440 g/mol. The fourth-order valence-corrected chi connectivity index (χ4v) is 4.68. The number of piperazine rings is 1. The van der Waals surface area contributed by atoms with Gasteiger partial charge in [-0.2, -0.15) is 0 Å². The Kier molecular flexibility index (Phi) is 7.83. The average Bonchev–Trinajstić information content (AvgIpc) is 2.85. The van der Waals surface area contributed by atoms with Crippen molar-refractivity contribution in [3.63, 3.8) is 0 Å². The Hall–Kier alpha value is -2.64. The second kappa shape index (κ2) is 11.0. The lowest BCUT2D eigenvalue weighted by Gasteiger charge is -2.36. The zero-order chi connectivity index (χ0) is 23.2. The summed E-state index contributed by atoms with van der Waals surface area (Å²) in [5.74, 6) is 0.768. The van der Waals surface area contributed by atoms with Crippen LogP contribution in [0.4, 0.5) is 17.1 Å². The maximum absolute atomic E-state index is 12.7. The lowest BCUT2D eigenvalue weighted by atomic mass is 9.92. The van der Waals surface area contributed by atoms with E-state index in [0.717, 1.165) is 55.2 Å². The predicted octanol–water partition coefficient (Wildman–Crippen LogP) is 4.02. The highest BCUT2D eigenvalue weighted by molar-refractivity contribution is 6.30. The molecule has 0 radical (unpaired) electrons. The number of anilines is 3. The summed E-state index contributed by atoms with van der Waals surface area (Å²) in [4.78, 5) is 16.8. The van der Waals surface area contributed by atoms with Gasteiger partial charge < -0.3 is 30.3 Å². The second-order valence-corrected chi connectivity index (χ2v) is 9.17. The minimum Gasteiger partial charge on any atom is -0.495 e. The Morgan fingerprint density at radius 1 is 1.06 bits per heavy atom. The molecule has 0 aromatic heterocycles. The van der Waals surface area contributed by atoms with Crippen molar-refractivity contribution in [1.82, 2.24) is 4.90 Å². The van der Waals surface area contributed by atoms with Crippen molar-refractivity contribution in [2.24, 2.45) is 0 Å². The van der Waals surface area contributed by atoms with Crippen molar-refractivity contribution in [1.29, 1.82) is 0 Å². The molecule has 2 aromatic rings. The molecule has 0 atom stereocenters. The van der Waals surface area contributed by atoms with Crippen LogP contribution in [0.1, 0.15) is 25.7 Å². The van der Waals surface area contributed by atoms with Crippen LogP contribution in [0.15, 0.2) is 42.5 Å². The van der Waals surface area contributed by atoms with Gasteiger partial charge in [0.05, 0.1) is 18.9 Å². The number of carbonyl (C=O) groups excluding carboxylic acids is 1. The third kappa shape index (κ3) is 6.24. The first-order valence-electron chi connectivity index (χ1n) is 11.6. The molecule has 8 heteroatoms. The van der Waals surface area contributed by atoms with Gasteiger partial charge in [0.1, 0.15) is 12.4 Å². The summed E-state index contributed by atoms with van der Waals surface area (Å²) in [6, 6.07) is 14.0. The number of nitrogens with one attached hydrogen (secondary N) is 1. The first-order valence-corrected chi connectivity index (χ1v) is 12.0. The van der Waals surface area contributed by atoms with E-state index in [2.05, 4.69) is 10.2 Å². The van der Waals surface area contributed by atoms with Gasteiger partial charge in [-0.3, -0.25) is 4.79 Å². The van der Waals surface area contributed by atoms with Crippen molar-refractivity contribution in [3.05, 3.63) is 47.5 Å². The number of rotatable bonds is 7. The number of benzene rings is 2. The van der Waals surface area contributed by atoms with Crippen LogP contribution in [-0.4, -0.2) is 62.8 Å². The largest absolute Gasteiger partial charge is 0.495 e. The van der Waals surface area contributed by atoms with Crippen LogP contribution < -0.4 is 20.7 Å². The maximum atomic E-state index is 12.7. The third-order valence-electron chi connectivity index (χ3n) is 6.55. The Labute approximate surface area is 200 Å². The number of hydrogen-bond acceptors (Lipinski definition) is 6. The molecule has 1 aliphatic heterocycles. The van der Waals surface area contributed by atoms with Crippen molar-refractivity contribution in [2.75, 3.05) is 55.8 Å². The standard InChI is InChI=1S/C25H33ClN4O3/c1-32-24-16-20(6-11-23(24)27)28-19-4-9-22(10-5-19)33-17-25(31)30-14-12-29(13-15-30)21-7-2-18(26)3-8-21/h2-3,6-8,11,16,19,22,28H,4-5,9-10,12-15,17,27H2,1H3. The fraction of sp³-hybridized carbons (Fsp3) is 0.480. The van der Waals surface area contributed by atoms with E-state index in [4.69, 9.17) is 26.8 Å². The third-order valence-corrected chi connectivity index (χ3v) is 6.80. The van der Waals surface area contributed by atoms with Crippen molar-refractivity contribution in [2.45, 2.75) is 37.8 Å². The number of methoxy groups -OCH3 is 1. The van der Waals surface area contributed by atoms with E-state index in [1.807, 2.05) is 47.4 Å². The fourth-order valence-electron chi connectivity index (χ4n) is 4.56. The molecule has 0 bridgehead atoms. The van der Waals surface area contributed by atoms with Crippen LogP contribution in [0.5, 0.6) is 5.75 Å². The summed E-state index contributed by atoms with van der Waals surface area (Å²) in [5, 5.41) is 4.30. The number of halogens is 1. The van der Waals surface area contributed by atoms with Gasteiger partial charge in [-0.05, 0) is 62.1 Å². The summed E-state index contributed by atoms with van der Waals surface area (Å²) in [5.41, 5.74) is 8.69. The van der Waals surface area contributed by atoms with Gasteiger partial charge in [-0.15, -0.1) is 0 Å². The first-order chi connectivity index (χ1) is 16.0. The van der Waals surface area contributed by atoms with Gasteiger partial charge in [0, 0.05) is 54.7 Å². The topological polar surface area (TPSA) is 80.1 Å². The van der Waals surface area contributed by atoms with Crippen LogP contribution in [0, 0.1) is 0 Å². The van der Waals surface area contributed by atoms with E-state index in [-0.39, 0.29) is 18.6 Å². The highest BCUT2D eigenvalue weighted by Gasteiger charge is 2.25. The minimum atomic E-state index is 0.0833. The molecule has 0 unspecified atom stereocenters. The molecule has 2 fully saturated rings. The number of amides is 1. The number of nitrogens with two attached hydrogens (primary N) is 1. The summed E-state index contributed by atoms with van der Waals surface area (Å²) in [6.07, 6.45) is 4.04. The van der Waals surface area contributed by atoms with E-state index >= 15 is 0 Å². The Morgan fingerprint density at radius 3 is 2.42 bits per heavy atom. The SMILES string of the molecule is COc1cc(NC2CCC(OCC(=O)N3CCN(c4ccc(Cl)cc4)CC3)CC2)ccc1N. The molecule has 1 heterocycles. The summed E-state index contributed by atoms with van der Waals surface area (Å²) in [7, 11) is 1.62. The summed E-state index contributed by atoms with van der Waals surface area (Å²) >= 11 is 5.98. The zero-order valence-electron chi connectivity index (χ0n) is 19.1. The predicted molar refractivity (Wildman–Crippen MR) is 133 cm³/mol. The smallest absolute Gasteiger partial charge is 0.248 e. The molecule has 33 heavy (non-hydrogen) atoms. The summed E-state index contributed by atoms with van der Waals surface area (Å²) in [6.45, 7) is 3.23. The number of nitrogens with zero attached hydrogens (tertiary/aromatic N) is 2. The Bertz CT molecular complexity index is 924. The van der Waals surface area contributed by atoms with Gasteiger partial charge in [0.2, 0.25) is 5.91 Å². The van der Waals surface area contributed by atoms with Gasteiger partial charge in [0.25, 0.3) is 0 Å². The minimum absolute atomic E-state index is 0.0833. The Morgan fingerprint density at radius 2 is 1.76 bits per heavy atom. The second-order valence-electron chi connectivity index (χ2n) is 8.73. The molecule has 2 aromatic carbocycles. The number of ether oxygens (including phenoxy) is 2. The number of hydrogen-bond donors (Lipinski definition) is 2. The van der Waals surface area contributed by atoms with E-state index in [1.54, 1.807) is 7.11 Å². The molecule has 1 aliphatic carbocycles. The molecule has 1 amide bonds. The van der Waals surface area contributed by atoms with Crippen LogP contribution in [0.3, 0.4) is 0 Å². The van der Waals surface area contributed by atoms with E-state index in [1.165, 1.54) is 0 Å². The van der Waals surface area contributed by atoms with Gasteiger partial charge in [-0.25, -0.2) is 0 Å². The van der Waals surface area contributed by atoms with E-state index < -0.39 is 0 Å². The molecular formula is C25H33ClN4O3. The maximum Gasteiger partial charge on any atom is 0.248 e. The lowest BCUT2D eigenvalue weighted by molar-refractivity contribution is -0.139. The molecule has 3 N–H and O–H groups in total. The molecule has 1 saturated heterocycles. The van der Waals surface area contributed by atoms with Crippen LogP contribution in [-0.2, 0) is 9.53 Å². The molecule has 1 saturated carbocycles. The lowest BCUT2D eigenvalue weighted by Crippen LogP contribution is -2.50. The van der Waals surface area contributed by atoms with Crippen molar-refractivity contribution in [3.8, 4) is 5.75 Å². The summed E-state index contributed by atoms with van der Waals surface area (Å²) < 4.78 is 11.3.